The molecule has 2 heterocycles. The minimum atomic E-state index is 1.06. The topological polar surface area (TPSA) is 17.8 Å². The Labute approximate surface area is 303 Å². The van der Waals surface area contributed by atoms with Gasteiger partial charge in [-0.05, 0) is 134 Å². The van der Waals surface area contributed by atoms with E-state index in [0.29, 0.717) is 0 Å². The molecule has 0 spiro atoms. The van der Waals surface area contributed by atoms with E-state index in [0.717, 1.165) is 5.69 Å². The summed E-state index contributed by atoms with van der Waals surface area (Å²) in [6.07, 6.45) is 3.86. The first-order valence-corrected chi connectivity index (χ1v) is 18.4. The molecule has 0 N–H and O–H groups in total. The highest BCUT2D eigenvalue weighted by atomic mass is 15.0. The minimum Gasteiger partial charge on any atom is -0.308 e. The van der Waals surface area contributed by atoms with Crippen LogP contribution >= 0.6 is 0 Å². The van der Waals surface area contributed by atoms with E-state index < -0.39 is 0 Å². The van der Waals surface area contributed by atoms with Crippen LogP contribution in [0.4, 0.5) is 0 Å². The van der Waals surface area contributed by atoms with Crippen LogP contribution in [-0.2, 0) is 0 Å². The number of aromatic nitrogens is 2. The molecule has 0 unspecified atom stereocenters. The van der Waals surface area contributed by atoms with Gasteiger partial charge in [0.15, 0.2) is 0 Å². The molecule has 2 nitrogen and oxygen atoms in total. The third kappa shape index (κ3) is 3.60. The highest BCUT2D eigenvalue weighted by Crippen LogP contribution is 2.46. The van der Waals surface area contributed by atoms with E-state index in [1.165, 1.54) is 119 Å². The van der Waals surface area contributed by atoms with Gasteiger partial charge in [-0.25, -0.2) is 0 Å². The number of rotatable bonds is 3. The average molecular weight is 669 g/mol. The second-order valence-corrected chi connectivity index (χ2v) is 14.7. The van der Waals surface area contributed by atoms with Crippen molar-refractivity contribution in [1.82, 2.24) is 9.55 Å². The van der Waals surface area contributed by atoms with Crippen molar-refractivity contribution in [2.45, 2.75) is 0 Å². The van der Waals surface area contributed by atoms with E-state index >= 15 is 0 Å². The monoisotopic (exact) mass is 668 g/mol. The van der Waals surface area contributed by atoms with Crippen molar-refractivity contribution in [3.8, 4) is 27.9 Å². The quantitative estimate of drug-likeness (QED) is 0.171. The van der Waals surface area contributed by atoms with Crippen molar-refractivity contribution in [2.75, 3.05) is 0 Å². The maximum atomic E-state index is 4.62. The van der Waals surface area contributed by atoms with Crippen LogP contribution in [0.2, 0.25) is 0 Å². The van der Waals surface area contributed by atoms with Crippen molar-refractivity contribution in [2.24, 2.45) is 0 Å². The zero-order valence-electron chi connectivity index (χ0n) is 28.6. The number of hydrogen-bond donors (Lipinski definition) is 0. The minimum absolute atomic E-state index is 1.06. The number of pyridine rings is 1. The van der Waals surface area contributed by atoms with E-state index in [1.54, 1.807) is 0 Å². The maximum Gasteiger partial charge on any atom is 0.0645 e. The molecule has 2 aromatic heterocycles. The number of hydrogen-bond acceptors (Lipinski definition) is 1. The predicted molar refractivity (Wildman–Crippen MR) is 226 cm³/mol. The Bertz CT molecular complexity index is 3360. The summed E-state index contributed by atoms with van der Waals surface area (Å²) in [4.78, 5) is 4.62. The Balaban J connectivity index is 1.12. The lowest BCUT2D eigenvalue weighted by molar-refractivity contribution is 1.14. The van der Waals surface area contributed by atoms with Crippen molar-refractivity contribution >= 4 is 97.2 Å². The van der Waals surface area contributed by atoms with Crippen LogP contribution in [0, 0.1) is 0 Å². The lowest BCUT2D eigenvalue weighted by Crippen LogP contribution is -1.95. The summed E-state index contributed by atoms with van der Waals surface area (Å²) in [6, 6.07) is 59.2. The Hall–Kier alpha value is -7.03. The van der Waals surface area contributed by atoms with Crippen LogP contribution in [0.3, 0.4) is 0 Å². The van der Waals surface area contributed by atoms with Gasteiger partial charge in [0.25, 0.3) is 0 Å². The maximum absolute atomic E-state index is 4.62. The van der Waals surface area contributed by atoms with Gasteiger partial charge in [0.2, 0.25) is 0 Å². The molecule has 0 amide bonds. The molecule has 13 rings (SSSR count). The molecule has 0 radical (unpaired) electrons. The second kappa shape index (κ2) is 9.85. The molecule has 0 atom stereocenters. The van der Waals surface area contributed by atoms with Crippen LogP contribution in [0.1, 0.15) is 0 Å². The van der Waals surface area contributed by atoms with Crippen LogP contribution in [-0.4, -0.2) is 9.55 Å². The molecule has 242 valence electrons. The second-order valence-electron chi connectivity index (χ2n) is 14.7. The molecule has 0 fully saturated rings. The third-order valence-corrected chi connectivity index (χ3v) is 12.1. The molecule has 13 aromatic rings. The van der Waals surface area contributed by atoms with Crippen molar-refractivity contribution < 1.29 is 0 Å². The Morgan fingerprint density at radius 2 is 0.774 bits per heavy atom. The molecular formula is C51H28N2. The zero-order valence-corrected chi connectivity index (χ0v) is 28.6. The lowest BCUT2D eigenvalue weighted by atomic mass is 9.88. The predicted octanol–water partition coefficient (Wildman–Crippen LogP) is 13.9. The van der Waals surface area contributed by atoms with Gasteiger partial charge >= 0.3 is 0 Å². The zero-order chi connectivity index (χ0) is 34.4. The molecule has 0 aliphatic carbocycles. The van der Waals surface area contributed by atoms with E-state index in [4.69, 9.17) is 0 Å². The van der Waals surface area contributed by atoms with Crippen LogP contribution in [0.5, 0.6) is 0 Å². The molecule has 0 aliphatic rings. The first-order chi connectivity index (χ1) is 26.3. The first kappa shape index (κ1) is 27.7. The summed E-state index contributed by atoms with van der Waals surface area (Å²) in [5.41, 5.74) is 8.41. The fraction of sp³-hybridized carbons (Fsp3) is 0. The summed E-state index contributed by atoms with van der Waals surface area (Å²) < 4.78 is 2.44. The molecule has 0 saturated heterocycles. The third-order valence-electron chi connectivity index (χ3n) is 12.1. The van der Waals surface area contributed by atoms with Gasteiger partial charge < -0.3 is 4.57 Å². The molecule has 0 saturated carbocycles. The normalized spacial score (nSPS) is 12.5. The smallest absolute Gasteiger partial charge is 0.0645 e. The summed E-state index contributed by atoms with van der Waals surface area (Å²) >= 11 is 0. The molecule has 11 aromatic carbocycles. The van der Waals surface area contributed by atoms with Gasteiger partial charge in [-0.15, -0.1) is 0 Å². The Morgan fingerprint density at radius 3 is 1.25 bits per heavy atom. The number of benzene rings is 11. The Kier molecular flexibility index (Phi) is 5.14. The van der Waals surface area contributed by atoms with E-state index in [-0.39, 0.29) is 0 Å². The standard InChI is InChI=1S/C51H28N2/c1-4-29-9-11-33-15-19-40(42-21-17-31(6-1)46(29)48(33)42)37-24-35-13-14-36-25-38(27-45-51(36)50(35)44(26-37)53(45)39-8-3-23-52-28-39)41-20-16-34-12-10-30-5-2-7-32-18-22-43(41)49(34)47(30)32/h1-28H. The lowest BCUT2D eigenvalue weighted by Gasteiger charge is -2.15. The average Bonchev–Trinajstić information content (AvgIpc) is 3.55. The number of nitrogens with zero attached hydrogens (tertiary/aromatic N) is 2. The van der Waals surface area contributed by atoms with Gasteiger partial charge in [0.05, 0.1) is 22.9 Å². The highest BCUT2D eigenvalue weighted by molar-refractivity contribution is 6.29. The largest absolute Gasteiger partial charge is 0.308 e. The van der Waals surface area contributed by atoms with E-state index in [1.807, 2.05) is 18.5 Å². The fourth-order valence-electron chi connectivity index (χ4n) is 9.82. The fourth-order valence-corrected chi connectivity index (χ4v) is 9.82. The van der Waals surface area contributed by atoms with Crippen molar-refractivity contribution in [3.05, 3.63) is 170 Å². The van der Waals surface area contributed by atoms with Crippen LogP contribution in [0.25, 0.3) is 125 Å². The van der Waals surface area contributed by atoms with Gasteiger partial charge in [0, 0.05) is 17.0 Å². The summed E-state index contributed by atoms with van der Waals surface area (Å²) in [5, 5.41) is 20.8. The molecular weight excluding hydrogens is 641 g/mol. The molecule has 0 aliphatic heterocycles. The van der Waals surface area contributed by atoms with Gasteiger partial charge in [-0.1, -0.05) is 121 Å². The van der Waals surface area contributed by atoms with E-state index in [2.05, 4.69) is 161 Å². The SMILES string of the molecule is c1cncc(-n2c3cc(-c4ccc5ccc6cccc7ccc4c5c67)cc4ccc5cc(-c6ccc7ccc8cccc9ccc6c7c89)cc2c5c43)c1. The summed E-state index contributed by atoms with van der Waals surface area (Å²) in [6.45, 7) is 0. The van der Waals surface area contributed by atoms with Crippen molar-refractivity contribution in [1.29, 1.82) is 0 Å². The first-order valence-electron chi connectivity index (χ1n) is 18.4. The van der Waals surface area contributed by atoms with Gasteiger partial charge in [-0.2, -0.15) is 0 Å². The van der Waals surface area contributed by atoms with Crippen LogP contribution in [0.15, 0.2) is 170 Å². The Morgan fingerprint density at radius 1 is 0.340 bits per heavy atom. The van der Waals surface area contributed by atoms with E-state index in [9.17, 15) is 0 Å². The summed E-state index contributed by atoms with van der Waals surface area (Å²) in [7, 11) is 0. The summed E-state index contributed by atoms with van der Waals surface area (Å²) in [5.74, 6) is 0. The highest BCUT2D eigenvalue weighted by Gasteiger charge is 2.22. The van der Waals surface area contributed by atoms with Gasteiger partial charge in [-0.3, -0.25) is 4.98 Å². The molecule has 0 bridgehead atoms. The molecule has 2 heteroatoms. The molecule has 53 heavy (non-hydrogen) atoms. The van der Waals surface area contributed by atoms with Gasteiger partial charge in [0.1, 0.15) is 0 Å². The van der Waals surface area contributed by atoms with Crippen molar-refractivity contribution in [3.63, 3.8) is 0 Å². The van der Waals surface area contributed by atoms with Crippen LogP contribution < -0.4 is 0 Å².